The van der Waals surface area contributed by atoms with E-state index in [1.807, 2.05) is 31.2 Å². The van der Waals surface area contributed by atoms with E-state index >= 15 is 0 Å². The normalized spacial score (nSPS) is 11.5. The van der Waals surface area contributed by atoms with Gasteiger partial charge in [0.05, 0.1) is 18.0 Å². The monoisotopic (exact) mass is 354 g/mol. The Balaban J connectivity index is 1.97. The van der Waals surface area contributed by atoms with E-state index in [2.05, 4.69) is 10.6 Å². The first-order chi connectivity index (χ1) is 12.3. The first-order valence-corrected chi connectivity index (χ1v) is 8.27. The molecule has 1 unspecified atom stereocenters. The number of carboxylic acid groups (broad SMARTS) is 1. The lowest BCUT2D eigenvalue weighted by Crippen LogP contribution is -2.32. The number of rotatable bonds is 7. The summed E-state index contributed by atoms with van der Waals surface area (Å²) in [6.07, 6.45) is 0.121. The number of hydrogen-bond donors (Lipinski definition) is 3. The van der Waals surface area contributed by atoms with Gasteiger partial charge in [-0.3, -0.25) is 9.59 Å². The fraction of sp³-hybridized carbons (Fsp3) is 0.250. The molecule has 0 aliphatic heterocycles. The van der Waals surface area contributed by atoms with Crippen molar-refractivity contribution >= 4 is 17.8 Å². The van der Waals surface area contributed by atoms with Gasteiger partial charge >= 0.3 is 5.97 Å². The zero-order valence-electron chi connectivity index (χ0n) is 14.8. The van der Waals surface area contributed by atoms with Crippen LogP contribution >= 0.6 is 0 Å². The van der Waals surface area contributed by atoms with E-state index in [4.69, 9.17) is 5.11 Å². The molecule has 0 saturated heterocycles. The summed E-state index contributed by atoms with van der Waals surface area (Å²) in [5.74, 6) is -1.39. The highest BCUT2D eigenvalue weighted by Gasteiger charge is 2.17. The minimum atomic E-state index is -0.989. The predicted octanol–water partition coefficient (Wildman–Crippen LogP) is 2.58. The maximum absolute atomic E-state index is 12.3. The van der Waals surface area contributed by atoms with Gasteiger partial charge in [0.1, 0.15) is 0 Å². The Morgan fingerprint density at radius 1 is 1.00 bits per heavy atom. The fourth-order valence-corrected chi connectivity index (χ4v) is 2.52. The van der Waals surface area contributed by atoms with Gasteiger partial charge in [0.15, 0.2) is 0 Å². The number of amides is 2. The van der Waals surface area contributed by atoms with Crippen LogP contribution in [0.4, 0.5) is 0 Å². The highest BCUT2D eigenvalue weighted by Crippen LogP contribution is 2.17. The second-order valence-corrected chi connectivity index (χ2v) is 6.15. The van der Waals surface area contributed by atoms with Crippen molar-refractivity contribution < 1.29 is 19.5 Å². The van der Waals surface area contributed by atoms with E-state index in [1.165, 1.54) is 19.1 Å². The van der Waals surface area contributed by atoms with E-state index in [1.54, 1.807) is 12.1 Å². The van der Waals surface area contributed by atoms with Crippen LogP contribution in [0.15, 0.2) is 48.5 Å². The Bertz CT molecular complexity index is 782. The van der Waals surface area contributed by atoms with Crippen LogP contribution < -0.4 is 10.6 Å². The van der Waals surface area contributed by atoms with Crippen LogP contribution in [-0.4, -0.2) is 22.9 Å². The molecule has 2 amide bonds. The highest BCUT2D eigenvalue weighted by molar-refractivity contribution is 5.87. The Labute approximate surface area is 152 Å². The van der Waals surface area contributed by atoms with Gasteiger partial charge in [-0.05, 0) is 30.2 Å². The molecule has 0 heterocycles. The number of aryl methyl sites for hydroxylation is 1. The molecule has 2 aromatic carbocycles. The van der Waals surface area contributed by atoms with Crippen molar-refractivity contribution in [1.29, 1.82) is 0 Å². The van der Waals surface area contributed by atoms with Crippen molar-refractivity contribution in [1.82, 2.24) is 10.6 Å². The number of carboxylic acids is 1. The molecule has 0 spiro atoms. The van der Waals surface area contributed by atoms with Gasteiger partial charge in [0.25, 0.3) is 0 Å². The molecule has 0 bridgehead atoms. The van der Waals surface area contributed by atoms with E-state index in [0.717, 1.165) is 16.7 Å². The Morgan fingerprint density at radius 3 is 2.15 bits per heavy atom. The molecule has 0 radical (unpaired) electrons. The number of aromatic carboxylic acids is 1. The lowest BCUT2D eigenvalue weighted by Gasteiger charge is -2.18. The summed E-state index contributed by atoms with van der Waals surface area (Å²) < 4.78 is 0. The van der Waals surface area contributed by atoms with Crippen molar-refractivity contribution in [2.75, 3.05) is 0 Å². The predicted molar refractivity (Wildman–Crippen MR) is 97.6 cm³/mol. The summed E-state index contributed by atoms with van der Waals surface area (Å²) in [6.45, 7) is 3.68. The molecule has 2 rings (SSSR count). The van der Waals surface area contributed by atoms with E-state index < -0.39 is 12.0 Å². The molecule has 1 atom stereocenters. The summed E-state index contributed by atoms with van der Waals surface area (Å²) in [5, 5.41) is 14.5. The van der Waals surface area contributed by atoms with Gasteiger partial charge in [0, 0.05) is 13.5 Å². The van der Waals surface area contributed by atoms with Crippen molar-refractivity contribution in [2.24, 2.45) is 0 Å². The number of nitrogens with one attached hydrogen (secondary N) is 2. The minimum Gasteiger partial charge on any atom is -0.478 e. The number of benzene rings is 2. The van der Waals surface area contributed by atoms with Crippen LogP contribution in [0.25, 0.3) is 0 Å². The molecule has 6 heteroatoms. The second-order valence-electron chi connectivity index (χ2n) is 6.15. The van der Waals surface area contributed by atoms with Crippen LogP contribution in [0, 0.1) is 6.92 Å². The number of hydrogen-bond acceptors (Lipinski definition) is 3. The highest BCUT2D eigenvalue weighted by atomic mass is 16.4. The third kappa shape index (κ3) is 5.73. The van der Waals surface area contributed by atoms with Crippen LogP contribution in [0.1, 0.15) is 46.4 Å². The quantitative estimate of drug-likeness (QED) is 0.712. The van der Waals surface area contributed by atoms with Gasteiger partial charge in [-0.1, -0.05) is 42.0 Å². The zero-order valence-corrected chi connectivity index (χ0v) is 14.8. The van der Waals surface area contributed by atoms with Crippen molar-refractivity contribution in [3.63, 3.8) is 0 Å². The fourth-order valence-electron chi connectivity index (χ4n) is 2.52. The van der Waals surface area contributed by atoms with Crippen molar-refractivity contribution in [2.45, 2.75) is 32.9 Å². The van der Waals surface area contributed by atoms with Crippen molar-refractivity contribution in [3.05, 3.63) is 70.8 Å². The Morgan fingerprint density at radius 2 is 1.62 bits per heavy atom. The summed E-state index contributed by atoms with van der Waals surface area (Å²) in [4.78, 5) is 34.6. The smallest absolute Gasteiger partial charge is 0.335 e. The van der Waals surface area contributed by atoms with Crippen LogP contribution in [0.3, 0.4) is 0 Å². The number of carbonyl (C=O) groups excluding carboxylic acids is 2. The topological polar surface area (TPSA) is 95.5 Å². The maximum atomic E-state index is 12.3. The molecule has 0 aromatic heterocycles. The minimum absolute atomic E-state index is 0.121. The first-order valence-electron chi connectivity index (χ1n) is 8.27. The lowest BCUT2D eigenvalue weighted by molar-refractivity contribution is -0.122. The van der Waals surface area contributed by atoms with Crippen LogP contribution in [0.2, 0.25) is 0 Å². The molecular weight excluding hydrogens is 332 g/mol. The third-order valence-corrected chi connectivity index (χ3v) is 3.94. The second kappa shape index (κ2) is 8.80. The molecule has 0 saturated carbocycles. The largest absolute Gasteiger partial charge is 0.478 e. The molecule has 0 aliphatic carbocycles. The zero-order chi connectivity index (χ0) is 19.1. The van der Waals surface area contributed by atoms with Crippen molar-refractivity contribution in [3.8, 4) is 0 Å². The van der Waals surface area contributed by atoms with E-state index in [9.17, 15) is 14.4 Å². The number of carbonyl (C=O) groups is 3. The molecular formula is C20H22N2O4. The molecule has 0 aliphatic rings. The SMILES string of the molecule is CC(=O)NC(CC(=O)NCc1ccc(C(=O)O)cc1)c1ccc(C)cc1. The first kappa shape index (κ1) is 19.2. The standard InChI is InChI=1S/C20H22N2O4/c1-13-3-7-16(8-4-13)18(22-14(2)23)11-19(24)21-12-15-5-9-17(10-6-15)20(25)26/h3-10,18H,11-12H2,1-2H3,(H,21,24)(H,22,23)(H,25,26). The Kier molecular flexibility index (Phi) is 6.49. The lowest BCUT2D eigenvalue weighted by atomic mass is 10.0. The van der Waals surface area contributed by atoms with Gasteiger partial charge < -0.3 is 15.7 Å². The summed E-state index contributed by atoms with van der Waals surface area (Å²) >= 11 is 0. The van der Waals surface area contributed by atoms with Gasteiger partial charge in [0.2, 0.25) is 11.8 Å². The molecule has 2 aromatic rings. The Hall–Kier alpha value is -3.15. The summed E-state index contributed by atoms with van der Waals surface area (Å²) in [5.41, 5.74) is 2.97. The third-order valence-electron chi connectivity index (χ3n) is 3.94. The van der Waals surface area contributed by atoms with Gasteiger partial charge in [-0.25, -0.2) is 4.79 Å². The average molecular weight is 354 g/mol. The molecule has 26 heavy (non-hydrogen) atoms. The molecule has 136 valence electrons. The summed E-state index contributed by atoms with van der Waals surface area (Å²) in [6, 6.07) is 13.6. The molecule has 6 nitrogen and oxygen atoms in total. The van der Waals surface area contributed by atoms with E-state index in [-0.39, 0.29) is 23.8 Å². The van der Waals surface area contributed by atoms with Gasteiger partial charge in [-0.2, -0.15) is 0 Å². The molecule has 3 N–H and O–H groups in total. The molecule has 0 fully saturated rings. The van der Waals surface area contributed by atoms with Crippen LogP contribution in [0.5, 0.6) is 0 Å². The van der Waals surface area contributed by atoms with Crippen LogP contribution in [-0.2, 0) is 16.1 Å². The summed E-state index contributed by atoms with van der Waals surface area (Å²) in [7, 11) is 0. The maximum Gasteiger partial charge on any atom is 0.335 e. The van der Waals surface area contributed by atoms with Gasteiger partial charge in [-0.15, -0.1) is 0 Å². The van der Waals surface area contributed by atoms with E-state index in [0.29, 0.717) is 6.54 Å². The average Bonchev–Trinajstić information content (AvgIpc) is 2.60.